The van der Waals surface area contributed by atoms with Crippen LogP contribution in [-0.2, 0) is 4.79 Å². The smallest absolute Gasteiger partial charge is 0.240 e. The van der Waals surface area contributed by atoms with E-state index in [0.717, 1.165) is 0 Å². The summed E-state index contributed by atoms with van der Waals surface area (Å²) in [5, 5.41) is 18.6. The van der Waals surface area contributed by atoms with Crippen LogP contribution in [0.1, 0.15) is 20.8 Å². The molecule has 0 aliphatic carbocycles. The first-order valence-electron chi connectivity index (χ1n) is 5.14. The van der Waals surface area contributed by atoms with Gasteiger partial charge in [-0.1, -0.05) is 20.8 Å². The van der Waals surface area contributed by atoms with E-state index < -0.39 is 18.2 Å². The zero-order valence-corrected chi connectivity index (χ0v) is 9.47. The van der Waals surface area contributed by atoms with Gasteiger partial charge in [0.1, 0.15) is 0 Å². The molecule has 1 amide bonds. The van der Waals surface area contributed by atoms with Crippen LogP contribution in [0, 0.1) is 5.41 Å². The summed E-state index contributed by atoms with van der Waals surface area (Å²) in [6.07, 6.45) is -1.69. The molecule has 0 aromatic carbocycles. The molecule has 1 heterocycles. The number of hydrogen-bond acceptors (Lipinski definition) is 4. The van der Waals surface area contributed by atoms with E-state index in [1.807, 2.05) is 20.8 Å². The summed E-state index contributed by atoms with van der Waals surface area (Å²) >= 11 is 0. The van der Waals surface area contributed by atoms with Crippen LogP contribution in [0.2, 0.25) is 0 Å². The van der Waals surface area contributed by atoms with Crippen molar-refractivity contribution in [3.63, 3.8) is 0 Å². The molecule has 0 aromatic rings. The van der Waals surface area contributed by atoms with Crippen molar-refractivity contribution < 1.29 is 15.0 Å². The number of aliphatic hydroxyl groups is 2. The number of aliphatic hydroxyl groups excluding tert-OH is 2. The molecule has 1 aliphatic rings. The number of nitrogens with two attached hydrogens (primary N) is 1. The van der Waals surface area contributed by atoms with Crippen LogP contribution in [-0.4, -0.2) is 52.4 Å². The highest BCUT2D eigenvalue weighted by Gasteiger charge is 2.37. The van der Waals surface area contributed by atoms with Crippen LogP contribution < -0.4 is 5.73 Å². The largest absolute Gasteiger partial charge is 0.388 e. The maximum Gasteiger partial charge on any atom is 0.240 e. The molecule has 5 heteroatoms. The molecule has 0 spiro atoms. The number of carbonyl (C=O) groups is 1. The second kappa shape index (κ2) is 4.08. The minimum Gasteiger partial charge on any atom is -0.388 e. The molecular weight excluding hydrogens is 196 g/mol. The van der Waals surface area contributed by atoms with Crippen LogP contribution in [0.15, 0.2) is 0 Å². The fraction of sp³-hybridized carbons (Fsp3) is 0.900. The van der Waals surface area contributed by atoms with Crippen LogP contribution in [0.4, 0.5) is 0 Å². The Morgan fingerprint density at radius 3 is 2.07 bits per heavy atom. The highest BCUT2D eigenvalue weighted by atomic mass is 16.3. The van der Waals surface area contributed by atoms with Crippen LogP contribution >= 0.6 is 0 Å². The predicted molar refractivity (Wildman–Crippen MR) is 56.0 cm³/mol. The zero-order chi connectivity index (χ0) is 11.8. The van der Waals surface area contributed by atoms with Crippen molar-refractivity contribution >= 4 is 5.91 Å². The lowest BCUT2D eigenvalue weighted by Gasteiger charge is -2.29. The number of likely N-dealkylation sites (tertiary alicyclic amines) is 1. The van der Waals surface area contributed by atoms with E-state index >= 15 is 0 Å². The topological polar surface area (TPSA) is 86.8 Å². The van der Waals surface area contributed by atoms with Crippen molar-refractivity contribution in [3.05, 3.63) is 0 Å². The molecule has 3 atom stereocenters. The van der Waals surface area contributed by atoms with Gasteiger partial charge in [0.05, 0.1) is 18.2 Å². The maximum absolute atomic E-state index is 11.9. The first kappa shape index (κ1) is 12.4. The van der Waals surface area contributed by atoms with E-state index in [1.54, 1.807) is 0 Å². The number of nitrogens with zero attached hydrogens (tertiary/aromatic N) is 1. The van der Waals surface area contributed by atoms with Crippen LogP contribution in [0.3, 0.4) is 0 Å². The van der Waals surface area contributed by atoms with Gasteiger partial charge in [0.25, 0.3) is 0 Å². The van der Waals surface area contributed by atoms with Crippen molar-refractivity contribution in [1.29, 1.82) is 0 Å². The minimum absolute atomic E-state index is 0.170. The van der Waals surface area contributed by atoms with E-state index in [0.29, 0.717) is 0 Å². The van der Waals surface area contributed by atoms with Crippen LogP contribution in [0.5, 0.6) is 0 Å². The van der Waals surface area contributed by atoms with Gasteiger partial charge in [0.15, 0.2) is 0 Å². The average Bonchev–Trinajstić information content (AvgIpc) is 2.43. The van der Waals surface area contributed by atoms with Gasteiger partial charge in [-0.25, -0.2) is 0 Å². The predicted octanol–water partition coefficient (Wildman–Crippen LogP) is -1.08. The Morgan fingerprint density at radius 2 is 1.73 bits per heavy atom. The van der Waals surface area contributed by atoms with Crippen molar-refractivity contribution in [2.45, 2.75) is 39.0 Å². The van der Waals surface area contributed by atoms with Gasteiger partial charge in [-0.2, -0.15) is 0 Å². The molecule has 0 saturated carbocycles. The van der Waals surface area contributed by atoms with E-state index in [4.69, 9.17) is 5.73 Å². The quantitative estimate of drug-likeness (QED) is 0.520. The highest BCUT2D eigenvalue weighted by molar-refractivity contribution is 5.82. The molecule has 1 fully saturated rings. The summed E-state index contributed by atoms with van der Waals surface area (Å²) in [7, 11) is 0. The molecule has 0 aromatic heterocycles. The Kier molecular flexibility index (Phi) is 3.38. The van der Waals surface area contributed by atoms with E-state index in [1.165, 1.54) is 4.90 Å². The second-order valence-electron chi connectivity index (χ2n) is 5.22. The summed E-state index contributed by atoms with van der Waals surface area (Å²) < 4.78 is 0. The van der Waals surface area contributed by atoms with E-state index in [9.17, 15) is 15.0 Å². The lowest BCUT2D eigenvalue weighted by Crippen LogP contribution is -2.50. The Labute approximate surface area is 89.9 Å². The molecule has 1 saturated heterocycles. The van der Waals surface area contributed by atoms with Gasteiger partial charge in [-0.15, -0.1) is 0 Å². The van der Waals surface area contributed by atoms with Gasteiger partial charge >= 0.3 is 0 Å². The number of amides is 1. The van der Waals surface area contributed by atoms with Gasteiger partial charge < -0.3 is 20.8 Å². The van der Waals surface area contributed by atoms with Crippen molar-refractivity contribution in [1.82, 2.24) is 4.90 Å². The average molecular weight is 216 g/mol. The van der Waals surface area contributed by atoms with Crippen molar-refractivity contribution in [2.24, 2.45) is 11.1 Å². The number of hydrogen-bond donors (Lipinski definition) is 3. The molecule has 4 N–H and O–H groups in total. The molecule has 2 unspecified atom stereocenters. The minimum atomic E-state index is -0.846. The monoisotopic (exact) mass is 216 g/mol. The lowest BCUT2D eigenvalue weighted by molar-refractivity contribution is -0.134. The molecular formula is C10H20N2O3. The van der Waals surface area contributed by atoms with Crippen LogP contribution in [0.25, 0.3) is 0 Å². The molecule has 0 bridgehead atoms. The number of β-amino-alcohol motifs (C(OH)–C–C–N with tert-alkyl or cyclic N) is 2. The highest BCUT2D eigenvalue weighted by Crippen LogP contribution is 2.21. The fourth-order valence-electron chi connectivity index (χ4n) is 1.52. The lowest BCUT2D eigenvalue weighted by atomic mass is 9.86. The molecule has 1 aliphatic heterocycles. The first-order chi connectivity index (χ1) is 6.73. The van der Waals surface area contributed by atoms with Gasteiger partial charge in [0, 0.05) is 13.1 Å². The Bertz CT molecular complexity index is 240. The summed E-state index contributed by atoms with van der Waals surface area (Å²) in [6.45, 7) is 6.00. The zero-order valence-electron chi connectivity index (χ0n) is 9.47. The molecule has 15 heavy (non-hydrogen) atoms. The van der Waals surface area contributed by atoms with Gasteiger partial charge in [-0.3, -0.25) is 4.79 Å². The maximum atomic E-state index is 11.9. The number of rotatable bonds is 1. The Balaban J connectivity index is 2.63. The van der Waals surface area contributed by atoms with E-state index in [-0.39, 0.29) is 24.4 Å². The standard InChI is InChI=1S/C10H20N2O3/c1-10(2,3)8(11)9(15)12-4-6(13)7(14)5-12/h6-8,13-14H,4-5,11H2,1-3H3/t6?,7?,8-/m0/s1. The third kappa shape index (κ3) is 2.68. The second-order valence-corrected chi connectivity index (χ2v) is 5.22. The SMILES string of the molecule is CC(C)(C)[C@@H](N)C(=O)N1CC(O)C(O)C1. The fourth-order valence-corrected chi connectivity index (χ4v) is 1.52. The molecule has 5 nitrogen and oxygen atoms in total. The summed E-state index contributed by atoms with van der Waals surface area (Å²) in [5.41, 5.74) is 5.50. The number of carbonyl (C=O) groups excluding carboxylic acids is 1. The first-order valence-corrected chi connectivity index (χ1v) is 5.14. The summed E-state index contributed by atoms with van der Waals surface area (Å²) in [4.78, 5) is 13.3. The van der Waals surface area contributed by atoms with Crippen molar-refractivity contribution in [2.75, 3.05) is 13.1 Å². The third-order valence-electron chi connectivity index (χ3n) is 2.77. The van der Waals surface area contributed by atoms with Gasteiger partial charge in [0.2, 0.25) is 5.91 Å². The normalized spacial score (nSPS) is 29.3. The van der Waals surface area contributed by atoms with Gasteiger partial charge in [-0.05, 0) is 5.41 Å². The molecule has 1 rings (SSSR count). The Hall–Kier alpha value is -0.650. The summed E-state index contributed by atoms with van der Waals surface area (Å²) in [6, 6.07) is -0.602. The third-order valence-corrected chi connectivity index (χ3v) is 2.77. The van der Waals surface area contributed by atoms with E-state index in [2.05, 4.69) is 0 Å². The van der Waals surface area contributed by atoms with Crippen molar-refractivity contribution in [3.8, 4) is 0 Å². The Morgan fingerprint density at radius 1 is 1.33 bits per heavy atom. The summed E-state index contributed by atoms with van der Waals surface area (Å²) in [5.74, 6) is -0.210. The molecule has 0 radical (unpaired) electrons. The molecule has 88 valence electrons.